The molecule has 1 nitrogen and oxygen atoms in total. The van der Waals surface area contributed by atoms with E-state index in [-0.39, 0.29) is 5.41 Å². The van der Waals surface area contributed by atoms with Crippen molar-refractivity contribution in [3.05, 3.63) is 199 Å². The number of nitrogens with zero attached hydrogens (tertiary/aromatic N) is 1. The fourth-order valence-corrected chi connectivity index (χ4v) is 7.95. The van der Waals surface area contributed by atoms with Crippen molar-refractivity contribution in [3.63, 3.8) is 0 Å². The lowest BCUT2D eigenvalue weighted by Crippen LogP contribution is -2.16. The van der Waals surface area contributed by atoms with Gasteiger partial charge in [-0.25, -0.2) is 0 Å². The third-order valence-corrected chi connectivity index (χ3v) is 10.5. The molecule has 8 aromatic carbocycles. The van der Waals surface area contributed by atoms with Gasteiger partial charge in [0.1, 0.15) is 0 Å². The number of rotatable bonds is 6. The summed E-state index contributed by atoms with van der Waals surface area (Å²) in [5.41, 5.74) is 16.0. The van der Waals surface area contributed by atoms with Gasteiger partial charge in [-0.3, -0.25) is 0 Å². The van der Waals surface area contributed by atoms with Gasteiger partial charge < -0.3 is 4.90 Å². The summed E-state index contributed by atoms with van der Waals surface area (Å²) in [7, 11) is 0. The van der Waals surface area contributed by atoms with Crippen molar-refractivity contribution in [2.45, 2.75) is 19.3 Å². The van der Waals surface area contributed by atoms with Crippen LogP contribution in [0.15, 0.2) is 188 Å². The first-order chi connectivity index (χ1) is 24.6. The van der Waals surface area contributed by atoms with E-state index < -0.39 is 0 Å². The highest BCUT2D eigenvalue weighted by Crippen LogP contribution is 2.51. The minimum absolute atomic E-state index is 0.0949. The summed E-state index contributed by atoms with van der Waals surface area (Å²) in [4.78, 5) is 2.42. The maximum atomic E-state index is 2.42. The molecule has 0 unspecified atom stereocenters. The molecule has 0 N–H and O–H groups in total. The Kier molecular flexibility index (Phi) is 7.21. The van der Waals surface area contributed by atoms with Crippen LogP contribution in [0.3, 0.4) is 0 Å². The molecule has 1 aliphatic carbocycles. The number of benzene rings is 8. The molecule has 0 aromatic heterocycles. The van der Waals surface area contributed by atoms with Crippen LogP contribution in [0, 0.1) is 0 Å². The molecule has 8 aromatic rings. The molecule has 0 atom stereocenters. The van der Waals surface area contributed by atoms with E-state index in [4.69, 9.17) is 0 Å². The van der Waals surface area contributed by atoms with Crippen molar-refractivity contribution in [1.29, 1.82) is 0 Å². The Hall–Kier alpha value is -6.18. The lowest BCUT2D eigenvalue weighted by atomic mass is 9.82. The molecule has 1 heteroatoms. The van der Waals surface area contributed by atoms with Crippen molar-refractivity contribution in [2.75, 3.05) is 4.90 Å². The minimum Gasteiger partial charge on any atom is -0.310 e. The molecule has 9 rings (SSSR count). The van der Waals surface area contributed by atoms with Crippen LogP contribution < -0.4 is 4.90 Å². The summed E-state index contributed by atoms with van der Waals surface area (Å²) >= 11 is 0. The number of anilines is 3. The fraction of sp³-hybridized carbons (Fsp3) is 0.0612. The monoisotopic (exact) mass is 639 g/mol. The molecular formula is C49H37N. The number of hydrogen-bond acceptors (Lipinski definition) is 1. The average molecular weight is 640 g/mol. The summed E-state index contributed by atoms with van der Waals surface area (Å²) in [5, 5.41) is 2.50. The molecule has 0 amide bonds. The van der Waals surface area contributed by atoms with Crippen LogP contribution in [-0.2, 0) is 5.41 Å². The van der Waals surface area contributed by atoms with E-state index >= 15 is 0 Å². The second-order valence-electron chi connectivity index (χ2n) is 13.8. The lowest BCUT2D eigenvalue weighted by Gasteiger charge is -2.29. The normalized spacial score (nSPS) is 12.8. The SMILES string of the molecule is CC1(C)c2ccccc2-c2ccc(N(c3ccc(-c4ccccc4)cc3)c3cccc(-c4ccc5ccccc5c4-c4ccccc4)c3)cc21. The molecule has 0 aliphatic heterocycles. The van der Waals surface area contributed by atoms with Gasteiger partial charge >= 0.3 is 0 Å². The van der Waals surface area contributed by atoms with Gasteiger partial charge in [-0.15, -0.1) is 0 Å². The van der Waals surface area contributed by atoms with E-state index in [2.05, 4.69) is 207 Å². The van der Waals surface area contributed by atoms with Crippen LogP contribution in [0.2, 0.25) is 0 Å². The van der Waals surface area contributed by atoms with Gasteiger partial charge in [-0.2, -0.15) is 0 Å². The predicted octanol–water partition coefficient (Wildman–Crippen LogP) is 13.6. The van der Waals surface area contributed by atoms with Gasteiger partial charge in [0, 0.05) is 22.5 Å². The third kappa shape index (κ3) is 5.02. The fourth-order valence-electron chi connectivity index (χ4n) is 7.95. The van der Waals surface area contributed by atoms with Crippen molar-refractivity contribution in [2.24, 2.45) is 0 Å². The molecule has 0 spiro atoms. The van der Waals surface area contributed by atoms with Crippen LogP contribution >= 0.6 is 0 Å². The van der Waals surface area contributed by atoms with E-state index in [0.717, 1.165) is 17.1 Å². The highest BCUT2D eigenvalue weighted by Gasteiger charge is 2.35. The molecule has 0 saturated heterocycles. The van der Waals surface area contributed by atoms with Gasteiger partial charge in [0.25, 0.3) is 0 Å². The Morgan fingerprint density at radius 3 is 1.74 bits per heavy atom. The molecule has 238 valence electrons. The summed E-state index contributed by atoms with van der Waals surface area (Å²) < 4.78 is 0. The van der Waals surface area contributed by atoms with Crippen LogP contribution in [0.4, 0.5) is 17.1 Å². The molecule has 0 saturated carbocycles. The van der Waals surface area contributed by atoms with Gasteiger partial charge in [-0.05, 0) is 103 Å². The van der Waals surface area contributed by atoms with Gasteiger partial charge in [0.05, 0.1) is 0 Å². The van der Waals surface area contributed by atoms with Crippen LogP contribution in [0.25, 0.3) is 55.3 Å². The Bertz CT molecular complexity index is 2490. The summed E-state index contributed by atoms with van der Waals surface area (Å²) in [6, 6.07) is 68.6. The Morgan fingerprint density at radius 2 is 0.940 bits per heavy atom. The summed E-state index contributed by atoms with van der Waals surface area (Å²) in [5.74, 6) is 0. The maximum absolute atomic E-state index is 2.42. The largest absolute Gasteiger partial charge is 0.310 e. The van der Waals surface area contributed by atoms with E-state index in [1.807, 2.05) is 0 Å². The Morgan fingerprint density at radius 1 is 0.360 bits per heavy atom. The van der Waals surface area contributed by atoms with E-state index in [1.165, 1.54) is 66.4 Å². The quantitative estimate of drug-likeness (QED) is 0.175. The van der Waals surface area contributed by atoms with Crippen LogP contribution in [0.1, 0.15) is 25.0 Å². The highest BCUT2D eigenvalue weighted by molar-refractivity contribution is 6.04. The second-order valence-corrected chi connectivity index (χ2v) is 13.8. The molecular weight excluding hydrogens is 603 g/mol. The smallest absolute Gasteiger partial charge is 0.0467 e. The predicted molar refractivity (Wildman–Crippen MR) is 213 cm³/mol. The van der Waals surface area contributed by atoms with Gasteiger partial charge in [0.2, 0.25) is 0 Å². The van der Waals surface area contributed by atoms with E-state index in [0.29, 0.717) is 0 Å². The average Bonchev–Trinajstić information content (AvgIpc) is 3.41. The molecule has 0 heterocycles. The Balaban J connectivity index is 1.22. The zero-order valence-corrected chi connectivity index (χ0v) is 28.3. The molecule has 0 fully saturated rings. The van der Waals surface area contributed by atoms with Crippen molar-refractivity contribution >= 4 is 27.8 Å². The zero-order chi connectivity index (χ0) is 33.7. The van der Waals surface area contributed by atoms with Crippen LogP contribution in [0.5, 0.6) is 0 Å². The van der Waals surface area contributed by atoms with E-state index in [9.17, 15) is 0 Å². The van der Waals surface area contributed by atoms with Gasteiger partial charge in [-0.1, -0.05) is 166 Å². The molecule has 0 radical (unpaired) electrons. The number of hydrogen-bond donors (Lipinski definition) is 0. The zero-order valence-electron chi connectivity index (χ0n) is 28.3. The summed E-state index contributed by atoms with van der Waals surface area (Å²) in [6.45, 7) is 4.71. The first-order valence-corrected chi connectivity index (χ1v) is 17.4. The van der Waals surface area contributed by atoms with Gasteiger partial charge in [0.15, 0.2) is 0 Å². The van der Waals surface area contributed by atoms with Crippen LogP contribution in [-0.4, -0.2) is 0 Å². The topological polar surface area (TPSA) is 3.24 Å². The first kappa shape index (κ1) is 29.9. The second kappa shape index (κ2) is 12.1. The van der Waals surface area contributed by atoms with Crippen molar-refractivity contribution in [3.8, 4) is 44.5 Å². The third-order valence-electron chi connectivity index (χ3n) is 10.5. The molecule has 50 heavy (non-hydrogen) atoms. The lowest BCUT2D eigenvalue weighted by molar-refractivity contribution is 0.660. The molecule has 0 bridgehead atoms. The Labute approximate surface area is 294 Å². The van der Waals surface area contributed by atoms with Crippen molar-refractivity contribution in [1.82, 2.24) is 0 Å². The maximum Gasteiger partial charge on any atom is 0.0467 e. The van der Waals surface area contributed by atoms with Crippen molar-refractivity contribution < 1.29 is 0 Å². The first-order valence-electron chi connectivity index (χ1n) is 17.4. The standard InChI is InChI=1S/C49H37N/c1-49(2)46-23-12-11-22-44(46)45-31-29-41(33-47(45)49)50(39-27-24-35(25-28-39)34-14-5-3-6-15-34)40-20-13-19-38(32-40)43-30-26-36-16-9-10-21-42(36)48(43)37-17-7-4-8-18-37/h3-33H,1-2H3. The molecule has 1 aliphatic rings. The number of fused-ring (bicyclic) bond motifs is 4. The highest BCUT2D eigenvalue weighted by atomic mass is 15.1. The minimum atomic E-state index is -0.0949. The van der Waals surface area contributed by atoms with E-state index in [1.54, 1.807) is 0 Å². The summed E-state index contributed by atoms with van der Waals surface area (Å²) in [6.07, 6.45) is 0.